The Balaban J connectivity index is 1.55. The van der Waals surface area contributed by atoms with Gasteiger partial charge in [-0.05, 0) is 37.9 Å². The first kappa shape index (κ1) is 13.2. The largest absolute Gasteiger partial charge is 0.359 e. The van der Waals surface area contributed by atoms with Crippen molar-refractivity contribution in [3.05, 3.63) is 0 Å². The van der Waals surface area contributed by atoms with Crippen molar-refractivity contribution in [1.29, 1.82) is 0 Å². The maximum Gasteiger partial charge on any atom is 0.157 e. The summed E-state index contributed by atoms with van der Waals surface area (Å²) in [6.45, 7) is 2.27. The molecule has 3 rings (SSSR count). The van der Waals surface area contributed by atoms with Gasteiger partial charge in [0.2, 0.25) is 0 Å². The van der Waals surface area contributed by atoms with Crippen LogP contribution < -0.4 is 5.32 Å². The van der Waals surface area contributed by atoms with E-state index < -0.39 is 0 Å². The summed E-state index contributed by atoms with van der Waals surface area (Å²) < 4.78 is 0. The van der Waals surface area contributed by atoms with E-state index in [9.17, 15) is 0 Å². The minimum Gasteiger partial charge on any atom is -0.359 e. The average Bonchev–Trinajstić information content (AvgIpc) is 3.06. The van der Waals surface area contributed by atoms with Crippen LogP contribution in [0.15, 0.2) is 4.99 Å². The van der Waals surface area contributed by atoms with Gasteiger partial charge in [0.1, 0.15) is 0 Å². The number of nitrogens with one attached hydrogen (secondary N) is 1. The third kappa shape index (κ3) is 2.84. The lowest BCUT2D eigenvalue weighted by Crippen LogP contribution is -2.40. The number of thioether (sulfide) groups is 2. The zero-order valence-electron chi connectivity index (χ0n) is 11.3. The molecule has 0 aromatic heterocycles. The molecule has 2 saturated carbocycles. The Morgan fingerprint density at radius 1 is 1.39 bits per heavy atom. The molecule has 1 N–H and O–H groups in total. The Hall–Kier alpha value is 0.170. The zero-order valence-corrected chi connectivity index (χ0v) is 12.9. The SMILES string of the molecule is CCSC1CCC(N=C2NC3(CCCC3)CS2)C1. The van der Waals surface area contributed by atoms with E-state index in [1.165, 1.54) is 61.6 Å². The fraction of sp³-hybridized carbons (Fsp3) is 0.929. The van der Waals surface area contributed by atoms with Crippen LogP contribution in [0.25, 0.3) is 0 Å². The molecule has 4 heteroatoms. The van der Waals surface area contributed by atoms with Crippen LogP contribution in [0.2, 0.25) is 0 Å². The van der Waals surface area contributed by atoms with Gasteiger partial charge in [0, 0.05) is 16.5 Å². The van der Waals surface area contributed by atoms with Gasteiger partial charge in [-0.3, -0.25) is 4.99 Å². The number of aliphatic imine (C=N–C) groups is 1. The Bertz CT molecular complexity index is 324. The van der Waals surface area contributed by atoms with Crippen molar-refractivity contribution >= 4 is 28.7 Å². The molecule has 1 spiro atoms. The van der Waals surface area contributed by atoms with Crippen LogP contribution in [0.5, 0.6) is 0 Å². The number of hydrogen-bond donors (Lipinski definition) is 1. The van der Waals surface area contributed by atoms with E-state index in [4.69, 9.17) is 4.99 Å². The predicted molar refractivity (Wildman–Crippen MR) is 83.8 cm³/mol. The third-order valence-electron chi connectivity index (χ3n) is 4.48. The van der Waals surface area contributed by atoms with Gasteiger partial charge in [-0.25, -0.2) is 0 Å². The Labute approximate surface area is 119 Å². The van der Waals surface area contributed by atoms with Crippen molar-refractivity contribution in [1.82, 2.24) is 5.32 Å². The van der Waals surface area contributed by atoms with Crippen molar-refractivity contribution < 1.29 is 0 Å². The molecule has 0 aromatic carbocycles. The number of rotatable bonds is 3. The number of hydrogen-bond acceptors (Lipinski definition) is 3. The third-order valence-corrected chi connectivity index (χ3v) is 6.89. The van der Waals surface area contributed by atoms with Gasteiger partial charge in [-0.2, -0.15) is 11.8 Å². The van der Waals surface area contributed by atoms with Gasteiger partial charge >= 0.3 is 0 Å². The van der Waals surface area contributed by atoms with Crippen LogP contribution in [0.3, 0.4) is 0 Å². The zero-order chi connectivity index (χ0) is 12.4. The van der Waals surface area contributed by atoms with Crippen molar-refractivity contribution in [3.8, 4) is 0 Å². The maximum absolute atomic E-state index is 4.98. The van der Waals surface area contributed by atoms with Gasteiger partial charge in [0.25, 0.3) is 0 Å². The molecule has 0 bridgehead atoms. The lowest BCUT2D eigenvalue weighted by molar-refractivity contribution is 0.451. The lowest BCUT2D eigenvalue weighted by atomic mass is 10.0. The van der Waals surface area contributed by atoms with E-state index in [1.54, 1.807) is 0 Å². The minimum atomic E-state index is 0.430. The van der Waals surface area contributed by atoms with Crippen LogP contribution >= 0.6 is 23.5 Å². The quantitative estimate of drug-likeness (QED) is 0.856. The van der Waals surface area contributed by atoms with E-state index in [0.29, 0.717) is 11.6 Å². The molecule has 1 saturated heterocycles. The molecule has 2 aliphatic carbocycles. The van der Waals surface area contributed by atoms with Gasteiger partial charge in [0.05, 0.1) is 6.04 Å². The van der Waals surface area contributed by atoms with Crippen molar-refractivity contribution in [2.75, 3.05) is 11.5 Å². The normalized spacial score (nSPS) is 36.6. The van der Waals surface area contributed by atoms with Crippen molar-refractivity contribution in [2.24, 2.45) is 4.99 Å². The molecule has 18 heavy (non-hydrogen) atoms. The summed E-state index contributed by atoms with van der Waals surface area (Å²) in [4.78, 5) is 4.98. The standard InChI is InChI=1S/C14H24N2S2/c1-2-17-12-6-5-11(9-12)15-13-16-14(10-18-13)7-3-4-8-14/h11-12H,2-10H2,1H3,(H,15,16). The molecule has 3 aliphatic rings. The molecule has 2 nitrogen and oxygen atoms in total. The summed E-state index contributed by atoms with van der Waals surface area (Å²) >= 11 is 4.09. The second kappa shape index (κ2) is 5.66. The second-order valence-corrected chi connectivity index (χ2v) is 8.42. The van der Waals surface area contributed by atoms with Crippen LogP contribution in [0.1, 0.15) is 51.9 Å². The van der Waals surface area contributed by atoms with Crippen molar-refractivity contribution in [3.63, 3.8) is 0 Å². The highest BCUT2D eigenvalue weighted by molar-refractivity contribution is 8.14. The summed E-state index contributed by atoms with van der Waals surface area (Å²) in [5.41, 5.74) is 0.430. The second-order valence-electron chi connectivity index (χ2n) is 5.88. The molecule has 1 heterocycles. The summed E-state index contributed by atoms with van der Waals surface area (Å²) in [6, 6.07) is 0.598. The maximum atomic E-state index is 4.98. The smallest absolute Gasteiger partial charge is 0.157 e. The van der Waals surface area contributed by atoms with E-state index in [2.05, 4.69) is 24.0 Å². The van der Waals surface area contributed by atoms with Gasteiger partial charge in [-0.1, -0.05) is 31.5 Å². The first-order valence-corrected chi connectivity index (χ1v) is 9.43. The van der Waals surface area contributed by atoms with Crippen LogP contribution in [-0.2, 0) is 0 Å². The van der Waals surface area contributed by atoms with Crippen molar-refractivity contribution in [2.45, 2.75) is 68.7 Å². The van der Waals surface area contributed by atoms with E-state index in [0.717, 1.165) is 5.25 Å². The van der Waals surface area contributed by atoms with E-state index in [1.807, 2.05) is 11.8 Å². The molecule has 1 aliphatic heterocycles. The first-order valence-electron chi connectivity index (χ1n) is 7.40. The lowest BCUT2D eigenvalue weighted by Gasteiger charge is -2.22. The van der Waals surface area contributed by atoms with E-state index >= 15 is 0 Å². The molecule has 2 unspecified atom stereocenters. The Kier molecular flexibility index (Phi) is 4.14. The fourth-order valence-electron chi connectivity index (χ4n) is 3.48. The van der Waals surface area contributed by atoms with Crippen LogP contribution in [0, 0.1) is 0 Å². The average molecular weight is 284 g/mol. The summed E-state index contributed by atoms with van der Waals surface area (Å²) in [6.07, 6.45) is 9.50. The van der Waals surface area contributed by atoms with Crippen LogP contribution in [0.4, 0.5) is 0 Å². The highest BCUT2D eigenvalue weighted by Gasteiger charge is 2.40. The minimum absolute atomic E-state index is 0.430. The van der Waals surface area contributed by atoms with Gasteiger partial charge < -0.3 is 5.32 Å². The molecule has 2 atom stereocenters. The monoisotopic (exact) mass is 284 g/mol. The fourth-order valence-corrected chi connectivity index (χ4v) is 5.90. The molecule has 0 radical (unpaired) electrons. The molecule has 0 aromatic rings. The molecule has 3 fully saturated rings. The molecule has 102 valence electrons. The Morgan fingerprint density at radius 2 is 2.22 bits per heavy atom. The summed E-state index contributed by atoms with van der Waals surface area (Å²) in [5.74, 6) is 2.51. The summed E-state index contributed by atoms with van der Waals surface area (Å²) in [5, 5.41) is 5.87. The number of nitrogens with zero attached hydrogens (tertiary/aromatic N) is 1. The highest BCUT2D eigenvalue weighted by atomic mass is 32.2. The highest BCUT2D eigenvalue weighted by Crippen LogP contribution is 2.38. The molecule has 0 amide bonds. The number of amidine groups is 1. The Morgan fingerprint density at radius 3 is 3.00 bits per heavy atom. The van der Waals surface area contributed by atoms with Gasteiger partial charge in [-0.15, -0.1) is 0 Å². The topological polar surface area (TPSA) is 24.4 Å². The molecular formula is C14H24N2S2. The van der Waals surface area contributed by atoms with E-state index in [-0.39, 0.29) is 0 Å². The summed E-state index contributed by atoms with van der Waals surface area (Å²) in [7, 11) is 0. The van der Waals surface area contributed by atoms with Crippen LogP contribution in [-0.4, -0.2) is 33.5 Å². The molecular weight excluding hydrogens is 260 g/mol. The van der Waals surface area contributed by atoms with Gasteiger partial charge in [0.15, 0.2) is 5.17 Å². The first-order chi connectivity index (χ1) is 8.80. The predicted octanol–water partition coefficient (Wildman–Crippen LogP) is 3.67.